The molecule has 88 valence electrons. The van der Waals surface area contributed by atoms with E-state index in [2.05, 4.69) is 0 Å². The summed E-state index contributed by atoms with van der Waals surface area (Å²) in [4.78, 5) is 22.8. The van der Waals surface area contributed by atoms with Crippen molar-refractivity contribution in [3.8, 4) is 5.75 Å². The molecule has 0 saturated heterocycles. The van der Waals surface area contributed by atoms with Crippen molar-refractivity contribution >= 4 is 16.8 Å². The number of carbonyl (C=O) groups is 1. The van der Waals surface area contributed by atoms with Crippen LogP contribution in [0.25, 0.3) is 11.0 Å². The molecule has 0 unspecified atom stereocenters. The number of fused-ring (bicyclic) bond motifs is 1. The summed E-state index contributed by atoms with van der Waals surface area (Å²) >= 11 is 0. The topological polar surface area (TPSA) is 67.5 Å². The molecular weight excluding hydrogens is 220 g/mol. The predicted molar refractivity (Wildman–Crippen MR) is 63.3 cm³/mol. The number of phenolic OH excluding ortho intramolecular Hbond substituents is 1. The van der Waals surface area contributed by atoms with Crippen LogP contribution >= 0.6 is 0 Å². The Labute approximate surface area is 97.5 Å². The molecule has 0 spiro atoms. The number of rotatable bonds is 2. The highest BCUT2D eigenvalue weighted by atomic mass is 16.4. The normalized spacial score (nSPS) is 10.7. The fourth-order valence-electron chi connectivity index (χ4n) is 1.84. The van der Waals surface area contributed by atoms with Crippen LogP contribution < -0.4 is 5.63 Å². The van der Waals surface area contributed by atoms with E-state index < -0.39 is 5.63 Å². The van der Waals surface area contributed by atoms with E-state index in [1.54, 1.807) is 13.0 Å². The van der Waals surface area contributed by atoms with Crippen LogP contribution in [0.3, 0.4) is 0 Å². The van der Waals surface area contributed by atoms with Gasteiger partial charge in [-0.1, -0.05) is 0 Å². The lowest BCUT2D eigenvalue weighted by Gasteiger charge is -2.06. The summed E-state index contributed by atoms with van der Waals surface area (Å²) in [6.45, 7) is 3.20. The van der Waals surface area contributed by atoms with Gasteiger partial charge in [-0.3, -0.25) is 4.79 Å². The van der Waals surface area contributed by atoms with Crippen LogP contribution in [0.1, 0.15) is 18.1 Å². The molecule has 0 amide bonds. The van der Waals surface area contributed by atoms with Crippen LogP contribution in [0.2, 0.25) is 0 Å². The summed E-state index contributed by atoms with van der Waals surface area (Å²) in [5.74, 6) is -0.0436. The largest absolute Gasteiger partial charge is 0.508 e. The molecule has 2 rings (SSSR count). The van der Waals surface area contributed by atoms with Gasteiger partial charge in [-0.2, -0.15) is 0 Å². The van der Waals surface area contributed by atoms with E-state index in [1.807, 2.05) is 0 Å². The quantitative estimate of drug-likeness (QED) is 0.803. The van der Waals surface area contributed by atoms with Gasteiger partial charge in [0.2, 0.25) is 0 Å². The van der Waals surface area contributed by atoms with E-state index >= 15 is 0 Å². The lowest BCUT2D eigenvalue weighted by Crippen LogP contribution is -2.13. The van der Waals surface area contributed by atoms with Crippen molar-refractivity contribution in [1.29, 1.82) is 0 Å². The minimum atomic E-state index is -0.518. The molecule has 2 aromatic rings. The number of ketones is 1. The molecule has 1 N–H and O–H groups in total. The van der Waals surface area contributed by atoms with Gasteiger partial charge in [0, 0.05) is 23.4 Å². The van der Waals surface area contributed by atoms with Gasteiger partial charge in [0.15, 0.2) is 0 Å². The number of hydrogen-bond donors (Lipinski definition) is 1. The molecule has 0 aliphatic heterocycles. The van der Waals surface area contributed by atoms with Gasteiger partial charge in [0.25, 0.3) is 0 Å². The molecule has 1 aromatic heterocycles. The summed E-state index contributed by atoms with van der Waals surface area (Å²) in [6, 6.07) is 4.58. The number of benzene rings is 1. The molecule has 0 atom stereocenters. The maximum Gasteiger partial charge on any atom is 0.340 e. The number of aromatic hydroxyl groups is 1. The first kappa shape index (κ1) is 11.4. The minimum absolute atomic E-state index is 0.0411. The minimum Gasteiger partial charge on any atom is -0.508 e. The Morgan fingerprint density at radius 2 is 2.12 bits per heavy atom. The van der Waals surface area contributed by atoms with Crippen LogP contribution in [-0.4, -0.2) is 10.9 Å². The van der Waals surface area contributed by atoms with Gasteiger partial charge in [0.1, 0.15) is 17.1 Å². The van der Waals surface area contributed by atoms with Crippen LogP contribution in [0, 0.1) is 6.92 Å². The Kier molecular flexibility index (Phi) is 2.71. The number of aryl methyl sites for hydroxylation is 1. The summed E-state index contributed by atoms with van der Waals surface area (Å²) in [7, 11) is 0. The lowest BCUT2D eigenvalue weighted by molar-refractivity contribution is -0.116. The number of Topliss-reactive ketones (excluding diaryl/α,β-unsaturated/α-hetero) is 1. The number of hydrogen-bond acceptors (Lipinski definition) is 4. The van der Waals surface area contributed by atoms with E-state index in [0.717, 1.165) is 10.9 Å². The molecule has 4 nitrogen and oxygen atoms in total. The molecule has 0 bridgehead atoms. The molecule has 4 heteroatoms. The van der Waals surface area contributed by atoms with Crippen molar-refractivity contribution in [1.82, 2.24) is 0 Å². The maximum atomic E-state index is 11.7. The molecule has 17 heavy (non-hydrogen) atoms. The van der Waals surface area contributed by atoms with E-state index in [1.165, 1.54) is 19.1 Å². The maximum absolute atomic E-state index is 11.7. The molecule has 1 heterocycles. The molecule has 0 fully saturated rings. The third-order valence-corrected chi connectivity index (χ3v) is 2.70. The van der Waals surface area contributed by atoms with Gasteiger partial charge in [-0.05, 0) is 31.5 Å². The van der Waals surface area contributed by atoms with Gasteiger partial charge < -0.3 is 9.52 Å². The highest BCUT2D eigenvalue weighted by Gasteiger charge is 2.13. The van der Waals surface area contributed by atoms with Gasteiger partial charge in [-0.25, -0.2) is 4.79 Å². The Hall–Kier alpha value is -2.10. The Bertz CT molecular complexity index is 652. The first-order valence-electron chi connectivity index (χ1n) is 5.24. The smallest absolute Gasteiger partial charge is 0.340 e. The van der Waals surface area contributed by atoms with Crippen molar-refractivity contribution in [2.45, 2.75) is 20.3 Å². The van der Waals surface area contributed by atoms with E-state index in [9.17, 15) is 14.7 Å². The lowest BCUT2D eigenvalue weighted by atomic mass is 10.0. The Balaban J connectivity index is 2.76. The predicted octanol–water partition coefficient (Wildman–Crippen LogP) is 1.94. The van der Waals surface area contributed by atoms with E-state index in [0.29, 0.717) is 11.1 Å². The summed E-state index contributed by atoms with van der Waals surface area (Å²) in [6.07, 6.45) is 0.0744. The van der Waals surface area contributed by atoms with Gasteiger partial charge >= 0.3 is 5.63 Å². The van der Waals surface area contributed by atoms with Crippen molar-refractivity contribution < 1.29 is 14.3 Å². The highest BCUT2D eigenvalue weighted by molar-refractivity contribution is 5.85. The van der Waals surface area contributed by atoms with Crippen molar-refractivity contribution in [3.05, 3.63) is 39.7 Å². The molecule has 0 radical (unpaired) electrons. The third-order valence-electron chi connectivity index (χ3n) is 2.70. The second-order valence-electron chi connectivity index (χ2n) is 4.05. The van der Waals surface area contributed by atoms with Crippen molar-refractivity contribution in [2.24, 2.45) is 0 Å². The summed E-state index contributed by atoms with van der Waals surface area (Å²) < 4.78 is 5.09. The van der Waals surface area contributed by atoms with Crippen LogP contribution in [0.5, 0.6) is 5.75 Å². The zero-order valence-electron chi connectivity index (χ0n) is 9.61. The van der Waals surface area contributed by atoms with Gasteiger partial charge in [-0.15, -0.1) is 0 Å². The molecule has 0 saturated carbocycles. The molecule has 0 aliphatic carbocycles. The van der Waals surface area contributed by atoms with Crippen LogP contribution in [-0.2, 0) is 11.2 Å². The Morgan fingerprint density at radius 1 is 1.41 bits per heavy atom. The zero-order chi connectivity index (χ0) is 12.6. The zero-order valence-corrected chi connectivity index (χ0v) is 9.61. The fraction of sp³-hybridized carbons (Fsp3) is 0.231. The summed E-state index contributed by atoms with van der Waals surface area (Å²) in [5.41, 5.74) is 0.928. The van der Waals surface area contributed by atoms with Crippen LogP contribution in [0.4, 0.5) is 0 Å². The number of carbonyl (C=O) groups excluding carboxylic acids is 1. The second-order valence-corrected chi connectivity index (χ2v) is 4.05. The average Bonchev–Trinajstić information content (AvgIpc) is 2.23. The first-order valence-corrected chi connectivity index (χ1v) is 5.24. The summed E-state index contributed by atoms with van der Waals surface area (Å²) in [5, 5.41) is 10.0. The monoisotopic (exact) mass is 232 g/mol. The number of phenols is 1. The second kappa shape index (κ2) is 4.05. The fourth-order valence-corrected chi connectivity index (χ4v) is 1.84. The SMILES string of the molecule is CC(=O)Cc1c(C)c2ccc(O)cc2oc1=O. The van der Waals surface area contributed by atoms with Gasteiger partial charge in [0.05, 0.1) is 0 Å². The first-order chi connectivity index (χ1) is 7.99. The molecular formula is C13H12O4. The molecule has 1 aromatic carbocycles. The van der Waals surface area contributed by atoms with Crippen molar-refractivity contribution in [3.63, 3.8) is 0 Å². The Morgan fingerprint density at radius 3 is 2.76 bits per heavy atom. The third kappa shape index (κ3) is 2.06. The van der Waals surface area contributed by atoms with Crippen molar-refractivity contribution in [2.75, 3.05) is 0 Å². The van der Waals surface area contributed by atoms with E-state index in [4.69, 9.17) is 4.42 Å². The van der Waals surface area contributed by atoms with Crippen LogP contribution in [0.15, 0.2) is 27.4 Å². The van der Waals surface area contributed by atoms with E-state index in [-0.39, 0.29) is 18.0 Å². The average molecular weight is 232 g/mol. The highest BCUT2D eigenvalue weighted by Crippen LogP contribution is 2.23. The molecule has 0 aliphatic rings. The standard InChI is InChI=1S/C13H12O4/c1-7(14)5-11-8(2)10-4-3-9(15)6-12(10)17-13(11)16/h3-4,6,15H,5H2,1-2H3.